The molecule has 1 amide bonds. The zero-order chi connectivity index (χ0) is 23.7. The molecule has 2 aromatic carbocycles. The maximum Gasteiger partial charge on any atom is 0.255 e. The number of aromatic nitrogens is 3. The van der Waals surface area contributed by atoms with Gasteiger partial charge in [-0.2, -0.15) is 4.98 Å². The lowest BCUT2D eigenvalue weighted by Crippen LogP contribution is -2.31. The number of carbonyl (C=O) groups is 1. The van der Waals surface area contributed by atoms with Gasteiger partial charge in [0.1, 0.15) is 11.9 Å². The number of nitrogens with zero attached hydrogens (tertiary/aromatic N) is 3. The van der Waals surface area contributed by atoms with Crippen molar-refractivity contribution in [2.75, 3.05) is 10.6 Å². The van der Waals surface area contributed by atoms with Crippen LogP contribution in [0.1, 0.15) is 29.0 Å². The van der Waals surface area contributed by atoms with Crippen LogP contribution in [-0.4, -0.2) is 20.7 Å². The van der Waals surface area contributed by atoms with Crippen molar-refractivity contribution < 1.29 is 9.18 Å². The van der Waals surface area contributed by atoms with Crippen LogP contribution in [0.5, 0.6) is 0 Å². The van der Waals surface area contributed by atoms with Crippen molar-refractivity contribution in [2.24, 2.45) is 0 Å². The molecule has 5 rings (SSSR count). The number of hydrogen-bond donors (Lipinski definition) is 2. The smallest absolute Gasteiger partial charge is 0.255 e. The number of anilines is 2. The first-order valence-electron chi connectivity index (χ1n) is 10.7. The lowest BCUT2D eigenvalue weighted by molar-refractivity contribution is -0.113. The van der Waals surface area contributed by atoms with E-state index in [2.05, 4.69) is 15.6 Å². The standard InChI is InChI=1S/C25H22FN5OS2/c1-15-12-13-33-22(15)21-20(23(32)28-18-9-4-3-5-10-18)16(2)27-24-29-25(30-31(21)24)34-14-17-8-6-7-11-19(17)26/h3-13,21H,14H2,1-2H3,(H,28,32)(H,27,29,30). The van der Waals surface area contributed by atoms with Gasteiger partial charge < -0.3 is 10.6 Å². The Kier molecular flexibility index (Phi) is 6.21. The topological polar surface area (TPSA) is 71.8 Å². The van der Waals surface area contributed by atoms with Gasteiger partial charge in [0.2, 0.25) is 11.1 Å². The molecule has 0 saturated heterocycles. The Morgan fingerprint density at radius 3 is 2.65 bits per heavy atom. The molecule has 0 saturated carbocycles. The number of thioether (sulfide) groups is 1. The van der Waals surface area contributed by atoms with E-state index in [0.717, 1.165) is 21.8 Å². The number of halogens is 1. The Labute approximate surface area is 204 Å². The Balaban J connectivity index is 1.49. The van der Waals surface area contributed by atoms with E-state index in [1.807, 2.05) is 61.7 Å². The highest BCUT2D eigenvalue weighted by Gasteiger charge is 2.35. The average Bonchev–Trinajstić information content (AvgIpc) is 3.43. The van der Waals surface area contributed by atoms with Crippen LogP contribution in [0.15, 0.2) is 82.5 Å². The van der Waals surface area contributed by atoms with Crippen LogP contribution in [0.4, 0.5) is 16.0 Å². The maximum absolute atomic E-state index is 14.1. The van der Waals surface area contributed by atoms with Crippen LogP contribution in [0.2, 0.25) is 0 Å². The predicted molar refractivity (Wildman–Crippen MR) is 135 cm³/mol. The summed E-state index contributed by atoms with van der Waals surface area (Å²) in [4.78, 5) is 19.1. The molecule has 0 fully saturated rings. The third-order valence-corrected chi connectivity index (χ3v) is 7.53. The summed E-state index contributed by atoms with van der Waals surface area (Å²) in [7, 11) is 0. The molecule has 9 heteroatoms. The monoisotopic (exact) mass is 491 g/mol. The Hall–Kier alpha value is -3.43. The molecule has 0 aliphatic carbocycles. The van der Waals surface area contributed by atoms with Crippen LogP contribution in [0.25, 0.3) is 0 Å². The van der Waals surface area contributed by atoms with Gasteiger partial charge in [-0.3, -0.25) is 4.79 Å². The van der Waals surface area contributed by atoms with Crippen LogP contribution in [0, 0.1) is 12.7 Å². The highest BCUT2D eigenvalue weighted by molar-refractivity contribution is 7.98. The van der Waals surface area contributed by atoms with Crippen LogP contribution in [0.3, 0.4) is 0 Å². The van der Waals surface area contributed by atoms with E-state index in [-0.39, 0.29) is 11.7 Å². The molecule has 4 aromatic rings. The largest absolute Gasteiger partial charge is 0.328 e. The molecule has 34 heavy (non-hydrogen) atoms. The summed E-state index contributed by atoms with van der Waals surface area (Å²) in [5.74, 6) is 0.520. The van der Waals surface area contributed by atoms with Gasteiger partial charge in [0.15, 0.2) is 0 Å². The third kappa shape index (κ3) is 4.36. The van der Waals surface area contributed by atoms with Crippen molar-refractivity contribution >= 4 is 40.6 Å². The molecule has 2 N–H and O–H groups in total. The molecule has 3 heterocycles. The van der Waals surface area contributed by atoms with E-state index in [9.17, 15) is 9.18 Å². The molecule has 1 aliphatic heterocycles. The van der Waals surface area contributed by atoms with Gasteiger partial charge in [-0.05, 0) is 54.6 Å². The normalized spacial score (nSPS) is 15.1. The SMILES string of the molecule is CC1=C(C(=O)Nc2ccccc2)C(c2sccc2C)n2nc(SCc3ccccc3F)nc2N1. The summed E-state index contributed by atoms with van der Waals surface area (Å²) < 4.78 is 15.8. The summed E-state index contributed by atoms with van der Waals surface area (Å²) in [6, 6.07) is 17.7. The van der Waals surface area contributed by atoms with Gasteiger partial charge in [0.25, 0.3) is 5.91 Å². The van der Waals surface area contributed by atoms with Gasteiger partial charge in [-0.15, -0.1) is 16.4 Å². The molecule has 0 radical (unpaired) electrons. The zero-order valence-electron chi connectivity index (χ0n) is 18.6. The molecule has 172 valence electrons. The van der Waals surface area contributed by atoms with Crippen molar-refractivity contribution in [3.8, 4) is 0 Å². The number of benzene rings is 2. The van der Waals surface area contributed by atoms with Crippen LogP contribution in [-0.2, 0) is 10.5 Å². The van der Waals surface area contributed by atoms with Crippen LogP contribution >= 0.6 is 23.1 Å². The number of fused-ring (bicyclic) bond motifs is 1. The van der Waals surface area contributed by atoms with Crippen molar-refractivity contribution in [3.63, 3.8) is 0 Å². The predicted octanol–water partition coefficient (Wildman–Crippen LogP) is 6.01. The van der Waals surface area contributed by atoms with Crippen molar-refractivity contribution in [3.05, 3.63) is 99.1 Å². The van der Waals surface area contributed by atoms with E-state index in [1.54, 1.807) is 28.2 Å². The Morgan fingerprint density at radius 2 is 1.91 bits per heavy atom. The van der Waals surface area contributed by atoms with Gasteiger partial charge in [-0.25, -0.2) is 9.07 Å². The van der Waals surface area contributed by atoms with Crippen LogP contribution < -0.4 is 10.6 Å². The minimum atomic E-state index is -0.421. The molecule has 2 aromatic heterocycles. The Bertz CT molecular complexity index is 1380. The number of nitrogens with one attached hydrogen (secondary N) is 2. The Morgan fingerprint density at radius 1 is 1.15 bits per heavy atom. The quantitative estimate of drug-likeness (QED) is 0.323. The first kappa shape index (κ1) is 22.4. The molecule has 6 nitrogen and oxygen atoms in total. The van der Waals surface area contributed by atoms with E-state index >= 15 is 0 Å². The number of allylic oxidation sites excluding steroid dienone is 1. The number of para-hydroxylation sites is 1. The lowest BCUT2D eigenvalue weighted by Gasteiger charge is -2.28. The highest BCUT2D eigenvalue weighted by Crippen LogP contribution is 2.40. The molecule has 0 bridgehead atoms. The van der Waals surface area contributed by atoms with Gasteiger partial charge in [0.05, 0.1) is 5.57 Å². The van der Waals surface area contributed by atoms with Crippen molar-refractivity contribution in [2.45, 2.75) is 30.8 Å². The molecular weight excluding hydrogens is 469 g/mol. The zero-order valence-corrected chi connectivity index (χ0v) is 20.2. The third-order valence-electron chi connectivity index (χ3n) is 5.57. The highest BCUT2D eigenvalue weighted by atomic mass is 32.2. The second kappa shape index (κ2) is 9.44. The average molecular weight is 492 g/mol. The van der Waals surface area contributed by atoms with Crippen molar-refractivity contribution in [1.29, 1.82) is 0 Å². The lowest BCUT2D eigenvalue weighted by atomic mass is 9.99. The number of hydrogen-bond acceptors (Lipinski definition) is 6. The summed E-state index contributed by atoms with van der Waals surface area (Å²) in [5, 5.41) is 13.5. The minimum Gasteiger partial charge on any atom is -0.328 e. The minimum absolute atomic E-state index is 0.198. The van der Waals surface area contributed by atoms with Crippen molar-refractivity contribution in [1.82, 2.24) is 14.8 Å². The second-order valence-electron chi connectivity index (χ2n) is 7.90. The van der Waals surface area contributed by atoms with Gasteiger partial charge in [0, 0.05) is 22.0 Å². The maximum atomic E-state index is 14.1. The molecular formula is C25H22FN5OS2. The molecule has 1 unspecified atom stereocenters. The number of carbonyl (C=O) groups excluding carboxylic acids is 1. The number of aryl methyl sites for hydroxylation is 1. The van der Waals surface area contributed by atoms with E-state index in [4.69, 9.17) is 5.10 Å². The summed E-state index contributed by atoms with van der Waals surface area (Å²) in [5.41, 5.74) is 3.70. The fourth-order valence-corrected chi connectivity index (χ4v) is 5.71. The molecule has 1 aliphatic rings. The van der Waals surface area contributed by atoms with E-state index in [1.165, 1.54) is 17.8 Å². The first-order chi connectivity index (χ1) is 16.5. The summed E-state index contributed by atoms with van der Waals surface area (Å²) >= 11 is 2.94. The van der Waals surface area contributed by atoms with E-state index < -0.39 is 6.04 Å². The fraction of sp³-hybridized carbons (Fsp3) is 0.160. The molecule has 0 spiro atoms. The summed E-state index contributed by atoms with van der Waals surface area (Å²) in [6.45, 7) is 3.90. The second-order valence-corrected chi connectivity index (χ2v) is 9.79. The van der Waals surface area contributed by atoms with E-state index in [0.29, 0.717) is 28.0 Å². The fourth-order valence-electron chi connectivity index (χ4n) is 3.87. The number of thiophene rings is 1. The number of rotatable bonds is 6. The first-order valence-corrected chi connectivity index (χ1v) is 12.6. The number of amides is 1. The van der Waals surface area contributed by atoms with Gasteiger partial charge >= 0.3 is 0 Å². The summed E-state index contributed by atoms with van der Waals surface area (Å²) in [6.07, 6.45) is 0. The molecule has 1 atom stereocenters. The van der Waals surface area contributed by atoms with Gasteiger partial charge in [-0.1, -0.05) is 48.2 Å².